The van der Waals surface area contributed by atoms with E-state index in [0.717, 1.165) is 31.4 Å². The minimum absolute atomic E-state index is 0. The first kappa shape index (κ1) is 23.2. The molecule has 1 aromatic carbocycles. The van der Waals surface area contributed by atoms with Crippen LogP contribution in [-0.4, -0.2) is 42.4 Å². The van der Waals surface area contributed by atoms with Crippen molar-refractivity contribution in [2.75, 3.05) is 19.6 Å². The van der Waals surface area contributed by atoms with Crippen molar-refractivity contribution in [1.29, 1.82) is 0 Å². The van der Waals surface area contributed by atoms with Crippen LogP contribution < -0.4 is 11.1 Å². The summed E-state index contributed by atoms with van der Waals surface area (Å²) in [6.45, 7) is 1.24. The van der Waals surface area contributed by atoms with E-state index in [4.69, 9.17) is 5.73 Å². The maximum atomic E-state index is 12.6. The van der Waals surface area contributed by atoms with E-state index >= 15 is 0 Å². The van der Waals surface area contributed by atoms with E-state index in [1.165, 1.54) is 12.1 Å². The molecule has 0 aromatic heterocycles. The third-order valence-corrected chi connectivity index (χ3v) is 4.49. The number of benzene rings is 1. The molecular formula is C18H25ClF3N3O2. The molecule has 1 saturated heterocycles. The zero-order valence-corrected chi connectivity index (χ0v) is 15.7. The van der Waals surface area contributed by atoms with Gasteiger partial charge >= 0.3 is 6.18 Å². The Bertz CT molecular complexity index is 623. The number of carbonyl (C=O) groups is 2. The van der Waals surface area contributed by atoms with Gasteiger partial charge in [0, 0.05) is 32.1 Å². The summed E-state index contributed by atoms with van der Waals surface area (Å²) in [5, 5.41) is 2.79. The average Bonchev–Trinajstić information content (AvgIpc) is 2.60. The average molecular weight is 408 g/mol. The Morgan fingerprint density at radius 1 is 1.19 bits per heavy atom. The third-order valence-electron chi connectivity index (χ3n) is 4.49. The molecule has 1 heterocycles. The SMILES string of the molecule is Cl.NCCC(=O)NCC1CCCCN1C(=O)Cc1ccc(C(F)(F)F)cc1. The molecule has 0 aliphatic carbocycles. The van der Waals surface area contributed by atoms with Gasteiger partial charge in [0.1, 0.15) is 0 Å². The van der Waals surface area contributed by atoms with Crippen molar-refractivity contribution in [1.82, 2.24) is 10.2 Å². The fourth-order valence-electron chi connectivity index (χ4n) is 3.08. The number of rotatable bonds is 6. The van der Waals surface area contributed by atoms with Crippen molar-refractivity contribution in [3.63, 3.8) is 0 Å². The Labute approximate surface area is 162 Å². The van der Waals surface area contributed by atoms with Crippen molar-refractivity contribution >= 4 is 24.2 Å². The Morgan fingerprint density at radius 2 is 1.85 bits per heavy atom. The second-order valence-corrected chi connectivity index (χ2v) is 6.45. The van der Waals surface area contributed by atoms with Gasteiger partial charge in [0.05, 0.1) is 12.0 Å². The van der Waals surface area contributed by atoms with Gasteiger partial charge < -0.3 is 16.0 Å². The number of nitrogens with one attached hydrogen (secondary N) is 1. The topological polar surface area (TPSA) is 75.4 Å². The van der Waals surface area contributed by atoms with Crippen molar-refractivity contribution in [3.8, 4) is 0 Å². The molecule has 3 N–H and O–H groups in total. The summed E-state index contributed by atoms with van der Waals surface area (Å²) in [5.41, 5.74) is 5.15. The Morgan fingerprint density at radius 3 is 2.44 bits per heavy atom. The van der Waals surface area contributed by atoms with E-state index in [2.05, 4.69) is 5.32 Å². The van der Waals surface area contributed by atoms with Gasteiger partial charge in [-0.15, -0.1) is 12.4 Å². The quantitative estimate of drug-likeness (QED) is 0.760. The summed E-state index contributed by atoms with van der Waals surface area (Å²) in [6, 6.07) is 4.56. The molecule has 9 heteroatoms. The normalized spacial score (nSPS) is 17.2. The van der Waals surface area contributed by atoms with Crippen LogP contribution in [0.2, 0.25) is 0 Å². The van der Waals surface area contributed by atoms with Gasteiger partial charge in [-0.25, -0.2) is 0 Å². The predicted molar refractivity (Wildman–Crippen MR) is 98.4 cm³/mol. The van der Waals surface area contributed by atoms with Crippen LogP contribution in [0.5, 0.6) is 0 Å². The highest BCUT2D eigenvalue weighted by atomic mass is 35.5. The van der Waals surface area contributed by atoms with Crippen LogP contribution in [0.15, 0.2) is 24.3 Å². The third kappa shape index (κ3) is 7.03. The van der Waals surface area contributed by atoms with Crippen molar-refractivity contribution in [3.05, 3.63) is 35.4 Å². The maximum absolute atomic E-state index is 12.6. The minimum Gasteiger partial charge on any atom is -0.354 e. The van der Waals surface area contributed by atoms with Gasteiger partial charge in [-0.05, 0) is 37.0 Å². The number of halogens is 4. The summed E-state index contributed by atoms with van der Waals surface area (Å²) in [5.74, 6) is -0.282. The van der Waals surface area contributed by atoms with E-state index < -0.39 is 11.7 Å². The Hall–Kier alpha value is -1.80. The maximum Gasteiger partial charge on any atom is 0.416 e. The molecule has 5 nitrogen and oxygen atoms in total. The zero-order valence-electron chi connectivity index (χ0n) is 14.9. The second kappa shape index (κ2) is 10.5. The second-order valence-electron chi connectivity index (χ2n) is 6.45. The van der Waals surface area contributed by atoms with Gasteiger partial charge in [-0.1, -0.05) is 12.1 Å². The van der Waals surface area contributed by atoms with E-state index in [1.807, 2.05) is 0 Å². The molecule has 1 aliphatic rings. The first-order valence-electron chi connectivity index (χ1n) is 8.73. The number of hydrogen-bond acceptors (Lipinski definition) is 3. The molecule has 1 atom stereocenters. The zero-order chi connectivity index (χ0) is 19.2. The number of nitrogens with zero attached hydrogens (tertiary/aromatic N) is 1. The van der Waals surface area contributed by atoms with E-state index in [-0.39, 0.29) is 49.6 Å². The molecule has 1 fully saturated rings. The summed E-state index contributed by atoms with van der Waals surface area (Å²) < 4.78 is 37.8. The summed E-state index contributed by atoms with van der Waals surface area (Å²) in [6.07, 6.45) is -1.45. The smallest absolute Gasteiger partial charge is 0.354 e. The van der Waals surface area contributed by atoms with Crippen LogP contribution in [0.3, 0.4) is 0 Å². The summed E-state index contributed by atoms with van der Waals surface area (Å²) in [7, 11) is 0. The molecule has 0 spiro atoms. The Balaban J connectivity index is 0.00000364. The van der Waals surface area contributed by atoms with Gasteiger partial charge in [-0.3, -0.25) is 9.59 Å². The van der Waals surface area contributed by atoms with E-state index in [0.29, 0.717) is 18.7 Å². The van der Waals surface area contributed by atoms with Crippen LogP contribution in [-0.2, 0) is 22.2 Å². The van der Waals surface area contributed by atoms with E-state index in [1.54, 1.807) is 4.90 Å². The Kier molecular flexibility index (Phi) is 9.05. The lowest BCUT2D eigenvalue weighted by atomic mass is 10.00. The van der Waals surface area contributed by atoms with Crippen molar-refractivity contribution in [2.45, 2.75) is 44.3 Å². The van der Waals surface area contributed by atoms with Gasteiger partial charge in [0.25, 0.3) is 0 Å². The molecule has 0 saturated carbocycles. The molecule has 0 radical (unpaired) electrons. The van der Waals surface area contributed by atoms with Crippen molar-refractivity contribution in [2.24, 2.45) is 5.73 Å². The largest absolute Gasteiger partial charge is 0.416 e. The molecule has 27 heavy (non-hydrogen) atoms. The highest BCUT2D eigenvalue weighted by Gasteiger charge is 2.30. The van der Waals surface area contributed by atoms with E-state index in [9.17, 15) is 22.8 Å². The van der Waals surface area contributed by atoms with Crippen LogP contribution in [0.1, 0.15) is 36.8 Å². The highest BCUT2D eigenvalue weighted by Crippen LogP contribution is 2.29. The molecule has 0 bridgehead atoms. The molecule has 152 valence electrons. The van der Waals surface area contributed by atoms with Gasteiger partial charge in [-0.2, -0.15) is 13.2 Å². The van der Waals surface area contributed by atoms with Gasteiger partial charge in [0.2, 0.25) is 11.8 Å². The van der Waals surface area contributed by atoms with Crippen LogP contribution in [0.25, 0.3) is 0 Å². The molecule has 2 amide bonds. The molecule has 1 unspecified atom stereocenters. The minimum atomic E-state index is -4.39. The number of likely N-dealkylation sites (tertiary alicyclic amines) is 1. The van der Waals surface area contributed by atoms with Crippen molar-refractivity contribution < 1.29 is 22.8 Å². The number of nitrogens with two attached hydrogens (primary N) is 1. The van der Waals surface area contributed by atoms with Gasteiger partial charge in [0.15, 0.2) is 0 Å². The molecule has 1 aromatic rings. The number of alkyl halides is 3. The lowest BCUT2D eigenvalue weighted by molar-refractivity contribution is -0.137. The lowest BCUT2D eigenvalue weighted by Crippen LogP contribution is -2.50. The predicted octanol–water partition coefficient (Wildman–Crippen LogP) is 2.52. The molecular weight excluding hydrogens is 383 g/mol. The first-order chi connectivity index (χ1) is 12.3. The number of amides is 2. The number of hydrogen-bond donors (Lipinski definition) is 2. The molecule has 2 rings (SSSR count). The highest BCUT2D eigenvalue weighted by molar-refractivity contribution is 5.85. The monoisotopic (exact) mass is 407 g/mol. The summed E-state index contributed by atoms with van der Waals surface area (Å²) in [4.78, 5) is 25.9. The summed E-state index contributed by atoms with van der Waals surface area (Å²) >= 11 is 0. The van der Waals surface area contributed by atoms with Crippen LogP contribution >= 0.6 is 12.4 Å². The lowest BCUT2D eigenvalue weighted by Gasteiger charge is -2.36. The van der Waals surface area contributed by atoms with Crippen LogP contribution in [0, 0.1) is 0 Å². The number of piperidine rings is 1. The fourth-order valence-corrected chi connectivity index (χ4v) is 3.08. The fraction of sp³-hybridized carbons (Fsp3) is 0.556. The first-order valence-corrected chi connectivity index (χ1v) is 8.73. The van der Waals surface area contributed by atoms with Crippen LogP contribution in [0.4, 0.5) is 13.2 Å². The standard InChI is InChI=1S/C18H24F3N3O2.ClH/c19-18(20,21)14-6-4-13(5-7-14)11-17(26)24-10-2-1-3-15(24)12-23-16(25)8-9-22;/h4-7,15H,1-3,8-12,22H2,(H,23,25);1H. The number of carbonyl (C=O) groups excluding carboxylic acids is 2. The molecule has 1 aliphatic heterocycles.